The number of ether oxygens (including phenoxy) is 1. The average molecular weight is 332 g/mol. The van der Waals surface area contributed by atoms with E-state index in [2.05, 4.69) is 6.92 Å². The normalized spacial score (nSPS) is 22.5. The summed E-state index contributed by atoms with van der Waals surface area (Å²) in [7, 11) is 0. The topological polar surface area (TPSA) is 64.1 Å². The van der Waals surface area contributed by atoms with Crippen molar-refractivity contribution in [3.63, 3.8) is 0 Å². The highest BCUT2D eigenvalue weighted by molar-refractivity contribution is 5.81. The minimum atomic E-state index is -0.499. The molecule has 0 spiro atoms. The Hall–Kier alpha value is -1.85. The van der Waals surface area contributed by atoms with Crippen molar-refractivity contribution in [2.45, 2.75) is 45.3 Å². The zero-order chi connectivity index (χ0) is 17.1. The predicted octanol–water partition coefficient (Wildman–Crippen LogP) is 1.30. The number of aryl methyl sites for hydroxylation is 1. The maximum atomic E-state index is 11.5. The molecule has 0 bridgehead atoms. The number of rotatable bonds is 5. The molecule has 1 aliphatic heterocycles. The summed E-state index contributed by atoms with van der Waals surface area (Å²) in [5, 5.41) is 11.2. The lowest BCUT2D eigenvalue weighted by Gasteiger charge is -2.31. The highest BCUT2D eigenvalue weighted by Gasteiger charge is 2.24. The molecular formula is C19H26NO4+. The van der Waals surface area contributed by atoms with E-state index in [-0.39, 0.29) is 12.2 Å². The summed E-state index contributed by atoms with van der Waals surface area (Å²) in [6.45, 7) is 6.21. The Bertz CT molecular complexity index is 755. The Balaban J connectivity index is 1.61. The molecule has 1 saturated heterocycles. The molecule has 3 rings (SSSR count). The van der Waals surface area contributed by atoms with Crippen LogP contribution >= 0.6 is 0 Å². The average Bonchev–Trinajstić information content (AvgIpc) is 2.54. The fraction of sp³-hybridized carbons (Fsp3) is 0.526. The van der Waals surface area contributed by atoms with Crippen LogP contribution < -0.4 is 15.3 Å². The van der Waals surface area contributed by atoms with Crippen LogP contribution in [-0.2, 0) is 0 Å². The second-order valence-corrected chi connectivity index (χ2v) is 6.88. The van der Waals surface area contributed by atoms with E-state index in [1.165, 1.54) is 30.2 Å². The number of hydrogen-bond acceptors (Lipinski definition) is 4. The van der Waals surface area contributed by atoms with Crippen molar-refractivity contribution in [2.75, 3.05) is 19.7 Å². The molecule has 1 fully saturated rings. The summed E-state index contributed by atoms with van der Waals surface area (Å²) in [4.78, 5) is 12.9. The van der Waals surface area contributed by atoms with Crippen LogP contribution in [0.1, 0.15) is 31.7 Å². The molecule has 1 aromatic heterocycles. The number of likely N-dealkylation sites (tertiary alicyclic amines) is 1. The summed E-state index contributed by atoms with van der Waals surface area (Å²) >= 11 is 0. The molecule has 2 N–H and O–H groups in total. The van der Waals surface area contributed by atoms with Gasteiger partial charge in [0, 0.05) is 17.5 Å². The van der Waals surface area contributed by atoms with E-state index < -0.39 is 6.10 Å². The summed E-state index contributed by atoms with van der Waals surface area (Å²) < 4.78 is 10.9. The maximum absolute atomic E-state index is 11.5. The third kappa shape index (κ3) is 3.97. The summed E-state index contributed by atoms with van der Waals surface area (Å²) in [6.07, 6.45) is 3.25. The molecule has 5 heteroatoms. The molecular weight excluding hydrogens is 306 g/mol. The van der Waals surface area contributed by atoms with Gasteiger partial charge in [0.1, 0.15) is 30.6 Å². The number of benzene rings is 1. The van der Waals surface area contributed by atoms with Crippen LogP contribution in [0.25, 0.3) is 11.0 Å². The number of aliphatic hydroxyl groups is 1. The predicted molar refractivity (Wildman–Crippen MR) is 92.7 cm³/mol. The van der Waals surface area contributed by atoms with Crippen molar-refractivity contribution >= 4 is 11.0 Å². The monoisotopic (exact) mass is 332 g/mol. The smallest absolute Gasteiger partial charge is 0.336 e. The second kappa shape index (κ2) is 7.36. The summed E-state index contributed by atoms with van der Waals surface area (Å²) in [5.41, 5.74) is 1.04. The van der Waals surface area contributed by atoms with Gasteiger partial charge in [-0.3, -0.25) is 0 Å². The van der Waals surface area contributed by atoms with Gasteiger partial charge < -0.3 is 19.2 Å². The van der Waals surface area contributed by atoms with Crippen LogP contribution in [0.2, 0.25) is 0 Å². The largest absolute Gasteiger partial charge is 0.491 e. The van der Waals surface area contributed by atoms with E-state index in [4.69, 9.17) is 9.15 Å². The van der Waals surface area contributed by atoms with Gasteiger partial charge in [0.25, 0.3) is 0 Å². The van der Waals surface area contributed by atoms with Crippen molar-refractivity contribution in [1.82, 2.24) is 0 Å². The van der Waals surface area contributed by atoms with Gasteiger partial charge in [-0.2, -0.15) is 0 Å². The number of nitrogens with one attached hydrogen (secondary N) is 1. The molecule has 1 unspecified atom stereocenters. The van der Waals surface area contributed by atoms with Gasteiger partial charge in [0.05, 0.1) is 12.6 Å². The summed E-state index contributed by atoms with van der Waals surface area (Å²) in [6, 6.07) is 7.53. The Kier molecular flexibility index (Phi) is 5.21. The fourth-order valence-corrected chi connectivity index (χ4v) is 3.51. The molecule has 2 aromatic rings. The standard InChI is InChI=1S/C19H25NO4/c1-13-9-19(22)24-18-10-16(6-7-17(13)18)23-12-15(21)11-20-8-4-3-5-14(20)2/h6-7,9-10,14-15,21H,3-5,8,11-12H2,1-2H3/p+1/t14-,15-/m1/s1. The van der Waals surface area contributed by atoms with Gasteiger partial charge in [-0.25, -0.2) is 4.79 Å². The van der Waals surface area contributed by atoms with E-state index in [9.17, 15) is 9.90 Å². The molecule has 2 heterocycles. The molecule has 1 aromatic carbocycles. The molecule has 130 valence electrons. The first kappa shape index (κ1) is 17.0. The second-order valence-electron chi connectivity index (χ2n) is 6.88. The molecule has 3 atom stereocenters. The van der Waals surface area contributed by atoms with Crippen molar-refractivity contribution < 1.29 is 19.2 Å². The minimum absolute atomic E-state index is 0.248. The van der Waals surface area contributed by atoms with E-state index >= 15 is 0 Å². The number of aliphatic hydroxyl groups excluding tert-OH is 1. The van der Waals surface area contributed by atoms with Crippen LogP contribution in [0.4, 0.5) is 0 Å². The van der Waals surface area contributed by atoms with Gasteiger partial charge in [-0.15, -0.1) is 0 Å². The lowest BCUT2D eigenvalue weighted by Crippen LogP contribution is -3.17. The van der Waals surface area contributed by atoms with Crippen molar-refractivity contribution in [2.24, 2.45) is 0 Å². The van der Waals surface area contributed by atoms with Crippen molar-refractivity contribution in [1.29, 1.82) is 0 Å². The molecule has 24 heavy (non-hydrogen) atoms. The van der Waals surface area contributed by atoms with Gasteiger partial charge in [-0.05, 0) is 50.8 Å². The third-order valence-corrected chi connectivity index (χ3v) is 4.94. The number of quaternary nitrogens is 1. The Morgan fingerprint density at radius 3 is 3.00 bits per heavy atom. The highest BCUT2D eigenvalue weighted by Crippen LogP contribution is 2.22. The fourth-order valence-electron chi connectivity index (χ4n) is 3.51. The number of piperidine rings is 1. The lowest BCUT2D eigenvalue weighted by atomic mass is 10.0. The van der Waals surface area contributed by atoms with Gasteiger partial charge >= 0.3 is 5.63 Å². The van der Waals surface area contributed by atoms with E-state index in [1.807, 2.05) is 19.1 Å². The molecule has 0 radical (unpaired) electrons. The van der Waals surface area contributed by atoms with Crippen molar-refractivity contribution in [3.05, 3.63) is 40.2 Å². The molecule has 0 amide bonds. The van der Waals surface area contributed by atoms with E-state index in [0.717, 1.165) is 17.5 Å². The highest BCUT2D eigenvalue weighted by atomic mass is 16.5. The van der Waals surface area contributed by atoms with E-state index in [1.54, 1.807) is 6.07 Å². The Morgan fingerprint density at radius 1 is 1.38 bits per heavy atom. The van der Waals surface area contributed by atoms with Gasteiger partial charge in [0.2, 0.25) is 0 Å². The first-order valence-electron chi connectivity index (χ1n) is 8.73. The molecule has 0 aliphatic carbocycles. The Morgan fingerprint density at radius 2 is 2.21 bits per heavy atom. The summed E-state index contributed by atoms with van der Waals surface area (Å²) in [5.74, 6) is 0.608. The number of fused-ring (bicyclic) bond motifs is 1. The van der Waals surface area contributed by atoms with Crippen LogP contribution in [0.15, 0.2) is 33.5 Å². The van der Waals surface area contributed by atoms with Crippen LogP contribution in [0.5, 0.6) is 5.75 Å². The first-order chi connectivity index (χ1) is 11.5. The quantitative estimate of drug-likeness (QED) is 0.810. The van der Waals surface area contributed by atoms with Crippen LogP contribution in [-0.4, -0.2) is 36.9 Å². The van der Waals surface area contributed by atoms with Gasteiger partial charge in [-0.1, -0.05) is 0 Å². The zero-order valence-electron chi connectivity index (χ0n) is 14.4. The lowest BCUT2D eigenvalue weighted by molar-refractivity contribution is -0.931. The van der Waals surface area contributed by atoms with Crippen LogP contribution in [0, 0.1) is 6.92 Å². The minimum Gasteiger partial charge on any atom is -0.491 e. The molecule has 5 nitrogen and oxygen atoms in total. The first-order valence-corrected chi connectivity index (χ1v) is 8.73. The van der Waals surface area contributed by atoms with Crippen LogP contribution in [0.3, 0.4) is 0 Å². The maximum Gasteiger partial charge on any atom is 0.336 e. The van der Waals surface area contributed by atoms with E-state index in [0.29, 0.717) is 23.9 Å². The SMILES string of the molecule is Cc1cc(=O)oc2cc(OC[C@H](O)C[NH+]3CCCC[C@H]3C)ccc12. The third-order valence-electron chi connectivity index (χ3n) is 4.94. The Labute approximate surface area is 141 Å². The number of hydrogen-bond donors (Lipinski definition) is 2. The van der Waals surface area contributed by atoms with Gasteiger partial charge in [0.15, 0.2) is 0 Å². The zero-order valence-corrected chi connectivity index (χ0v) is 14.4. The van der Waals surface area contributed by atoms with Crippen molar-refractivity contribution in [3.8, 4) is 5.75 Å². The molecule has 1 aliphatic rings. The molecule has 0 saturated carbocycles.